The Kier molecular flexibility index (Phi) is 5.93. The minimum absolute atomic E-state index is 0.0901. The topological polar surface area (TPSA) is 70.6 Å². The Morgan fingerprint density at radius 3 is 2.62 bits per heavy atom. The fraction of sp³-hybridized carbons (Fsp3) is 0.562. The van der Waals surface area contributed by atoms with Gasteiger partial charge >= 0.3 is 12.2 Å². The number of rotatable bonds is 6. The smallest absolute Gasteiger partial charge is 0.422 e. The molecule has 8 heteroatoms. The van der Waals surface area contributed by atoms with Crippen LogP contribution >= 0.6 is 0 Å². The molecule has 3 N–H and O–H groups in total. The molecule has 1 aliphatic carbocycles. The molecule has 24 heavy (non-hydrogen) atoms. The van der Waals surface area contributed by atoms with Crippen molar-refractivity contribution in [2.45, 2.75) is 44.0 Å². The number of nitrogens with one attached hydrogen (secondary N) is 2. The molecule has 134 valence electrons. The van der Waals surface area contributed by atoms with Gasteiger partial charge in [-0.25, -0.2) is 4.79 Å². The van der Waals surface area contributed by atoms with Gasteiger partial charge in [0.25, 0.3) is 0 Å². The van der Waals surface area contributed by atoms with Crippen LogP contribution in [0.25, 0.3) is 0 Å². The molecule has 1 fully saturated rings. The van der Waals surface area contributed by atoms with Gasteiger partial charge in [-0.3, -0.25) is 0 Å². The molecule has 0 atom stereocenters. The van der Waals surface area contributed by atoms with E-state index in [1.165, 1.54) is 12.1 Å². The number of hydrogen-bond donors (Lipinski definition) is 3. The van der Waals surface area contributed by atoms with Crippen molar-refractivity contribution >= 4 is 6.03 Å². The second-order valence-electron chi connectivity index (χ2n) is 6.02. The first kappa shape index (κ1) is 18.4. The summed E-state index contributed by atoms with van der Waals surface area (Å²) < 4.78 is 41.0. The van der Waals surface area contributed by atoms with E-state index in [0.717, 1.165) is 12.8 Å². The molecular weight excluding hydrogens is 325 g/mol. The van der Waals surface area contributed by atoms with Crippen LogP contribution in [0.15, 0.2) is 24.3 Å². The number of amides is 2. The minimum atomic E-state index is -4.39. The summed E-state index contributed by atoms with van der Waals surface area (Å²) in [5.41, 5.74) is -0.215. The highest BCUT2D eigenvalue weighted by Gasteiger charge is 2.31. The molecule has 5 nitrogen and oxygen atoms in total. The number of carbonyl (C=O) groups excluding carboxylic acids is 1. The van der Waals surface area contributed by atoms with Crippen LogP contribution in [0.2, 0.25) is 0 Å². The Bertz CT molecular complexity index is 558. The third-order valence-corrected chi connectivity index (χ3v) is 3.87. The van der Waals surface area contributed by atoms with Crippen LogP contribution in [-0.4, -0.2) is 36.1 Å². The highest BCUT2D eigenvalue weighted by molar-refractivity contribution is 5.73. The Morgan fingerprint density at radius 1 is 1.25 bits per heavy atom. The second-order valence-corrected chi connectivity index (χ2v) is 6.02. The van der Waals surface area contributed by atoms with Crippen molar-refractivity contribution in [1.82, 2.24) is 10.6 Å². The number of alkyl halides is 3. The molecule has 2 rings (SSSR count). The summed E-state index contributed by atoms with van der Waals surface area (Å²) in [5, 5.41) is 15.4. The van der Waals surface area contributed by atoms with Gasteiger partial charge in [-0.1, -0.05) is 25.0 Å². The monoisotopic (exact) mass is 346 g/mol. The van der Waals surface area contributed by atoms with Crippen LogP contribution in [0.3, 0.4) is 0 Å². The number of benzene rings is 1. The normalized spacial score (nSPS) is 16.7. The number of ether oxygens (including phenoxy) is 1. The molecule has 1 aromatic carbocycles. The van der Waals surface area contributed by atoms with Gasteiger partial charge in [-0.2, -0.15) is 13.2 Å². The number of aliphatic hydroxyl groups is 1. The van der Waals surface area contributed by atoms with Gasteiger partial charge in [0.15, 0.2) is 6.61 Å². The highest BCUT2D eigenvalue weighted by Crippen LogP contribution is 2.28. The van der Waals surface area contributed by atoms with E-state index in [1.807, 2.05) is 0 Å². The predicted octanol–water partition coefficient (Wildman–Crippen LogP) is 2.73. The van der Waals surface area contributed by atoms with Crippen LogP contribution in [0.5, 0.6) is 5.75 Å². The first-order valence-electron chi connectivity index (χ1n) is 7.78. The van der Waals surface area contributed by atoms with Gasteiger partial charge < -0.3 is 20.5 Å². The van der Waals surface area contributed by atoms with E-state index in [4.69, 9.17) is 0 Å². The predicted molar refractivity (Wildman–Crippen MR) is 81.6 cm³/mol. The van der Waals surface area contributed by atoms with Gasteiger partial charge in [0, 0.05) is 13.1 Å². The van der Waals surface area contributed by atoms with Gasteiger partial charge in [-0.05, 0) is 30.5 Å². The van der Waals surface area contributed by atoms with Crippen LogP contribution in [-0.2, 0) is 6.54 Å². The molecule has 0 unspecified atom stereocenters. The lowest BCUT2D eigenvalue weighted by molar-refractivity contribution is -0.153. The molecule has 0 radical (unpaired) electrons. The molecule has 0 heterocycles. The van der Waals surface area contributed by atoms with E-state index < -0.39 is 24.4 Å². The van der Waals surface area contributed by atoms with Crippen molar-refractivity contribution in [1.29, 1.82) is 0 Å². The highest BCUT2D eigenvalue weighted by atomic mass is 19.4. The maximum Gasteiger partial charge on any atom is 0.422 e. The Labute approximate surface area is 138 Å². The zero-order valence-electron chi connectivity index (χ0n) is 13.2. The zero-order chi connectivity index (χ0) is 17.6. The van der Waals surface area contributed by atoms with Gasteiger partial charge in [0.2, 0.25) is 0 Å². The van der Waals surface area contributed by atoms with E-state index in [2.05, 4.69) is 15.4 Å². The molecule has 0 aliphatic heterocycles. The second kappa shape index (κ2) is 7.74. The summed E-state index contributed by atoms with van der Waals surface area (Å²) in [6.07, 6.45) is -1.15. The lowest BCUT2D eigenvalue weighted by Gasteiger charge is -2.22. The fourth-order valence-electron chi connectivity index (χ4n) is 2.61. The molecule has 0 aromatic heterocycles. The van der Waals surface area contributed by atoms with E-state index in [9.17, 15) is 23.1 Å². The molecule has 0 spiro atoms. The average Bonchev–Trinajstić information content (AvgIpc) is 2.96. The summed E-state index contributed by atoms with van der Waals surface area (Å²) in [7, 11) is 0. The number of carbonyl (C=O) groups is 1. The fourth-order valence-corrected chi connectivity index (χ4v) is 2.61. The van der Waals surface area contributed by atoms with Crippen molar-refractivity contribution in [2.24, 2.45) is 0 Å². The lowest BCUT2D eigenvalue weighted by Crippen LogP contribution is -2.44. The molecule has 1 saturated carbocycles. The zero-order valence-corrected chi connectivity index (χ0v) is 13.2. The Balaban J connectivity index is 1.76. The average molecular weight is 346 g/mol. The van der Waals surface area contributed by atoms with Crippen molar-refractivity contribution in [3.63, 3.8) is 0 Å². The van der Waals surface area contributed by atoms with Crippen molar-refractivity contribution < 1.29 is 27.8 Å². The molecule has 1 aliphatic rings. The maximum atomic E-state index is 12.1. The van der Waals surface area contributed by atoms with E-state index in [0.29, 0.717) is 18.4 Å². The number of hydrogen-bond acceptors (Lipinski definition) is 3. The summed E-state index contributed by atoms with van der Waals surface area (Å²) in [5.74, 6) is 0.0901. The maximum absolute atomic E-state index is 12.1. The van der Waals surface area contributed by atoms with Crippen molar-refractivity contribution in [3.05, 3.63) is 29.8 Å². The van der Waals surface area contributed by atoms with Gasteiger partial charge in [-0.15, -0.1) is 0 Å². The first-order valence-corrected chi connectivity index (χ1v) is 7.78. The van der Waals surface area contributed by atoms with Crippen molar-refractivity contribution in [2.75, 3.05) is 13.2 Å². The molecule has 0 saturated heterocycles. The summed E-state index contributed by atoms with van der Waals surface area (Å²) in [6.45, 7) is -1.02. The quantitative estimate of drug-likeness (QED) is 0.742. The molecular formula is C16H21F3N2O3. The first-order chi connectivity index (χ1) is 11.3. The van der Waals surface area contributed by atoms with Crippen LogP contribution in [0.4, 0.5) is 18.0 Å². The van der Waals surface area contributed by atoms with E-state index in [-0.39, 0.29) is 18.8 Å². The largest absolute Gasteiger partial charge is 0.484 e. The van der Waals surface area contributed by atoms with Crippen LogP contribution in [0.1, 0.15) is 31.2 Å². The number of halogens is 3. The number of urea groups is 1. The van der Waals surface area contributed by atoms with Crippen LogP contribution < -0.4 is 15.4 Å². The molecule has 2 amide bonds. The molecule has 1 aromatic rings. The third kappa shape index (κ3) is 6.27. The van der Waals surface area contributed by atoms with E-state index in [1.54, 1.807) is 12.1 Å². The minimum Gasteiger partial charge on any atom is -0.484 e. The summed E-state index contributed by atoms with van der Waals surface area (Å²) >= 11 is 0. The standard InChI is InChI=1S/C16H21F3N2O3/c17-16(18,19)11-24-13-5-3-4-12(8-13)9-20-14(22)21-10-15(23)6-1-2-7-15/h3-5,8,23H,1-2,6-7,9-11H2,(H2,20,21,22). The molecule has 0 bridgehead atoms. The SMILES string of the molecule is O=C(NCc1cccc(OCC(F)(F)F)c1)NCC1(O)CCCC1. The van der Waals surface area contributed by atoms with Crippen LogP contribution in [0, 0.1) is 0 Å². The van der Waals surface area contributed by atoms with Gasteiger partial charge in [0.05, 0.1) is 5.60 Å². The Hall–Kier alpha value is -1.96. The third-order valence-electron chi connectivity index (χ3n) is 3.87. The Morgan fingerprint density at radius 2 is 1.96 bits per heavy atom. The summed E-state index contributed by atoms with van der Waals surface area (Å²) in [6, 6.07) is 5.66. The summed E-state index contributed by atoms with van der Waals surface area (Å²) in [4.78, 5) is 11.7. The van der Waals surface area contributed by atoms with Crippen molar-refractivity contribution in [3.8, 4) is 5.75 Å². The lowest BCUT2D eigenvalue weighted by atomic mass is 10.0. The van der Waals surface area contributed by atoms with Gasteiger partial charge in [0.1, 0.15) is 5.75 Å². The van der Waals surface area contributed by atoms with E-state index >= 15 is 0 Å².